The molecule has 80 valence electrons. The molecule has 1 rings (SSSR count). The minimum Gasteiger partial charge on any atom is -0.351 e. The van der Waals surface area contributed by atoms with E-state index >= 15 is 0 Å². The minimum atomic E-state index is -0.167. The maximum atomic E-state index is 11.4. The van der Waals surface area contributed by atoms with E-state index < -0.39 is 0 Å². The molecule has 1 amide bonds. The van der Waals surface area contributed by atoms with Gasteiger partial charge >= 0.3 is 0 Å². The molecule has 0 atom stereocenters. The van der Waals surface area contributed by atoms with Gasteiger partial charge in [0, 0.05) is 18.7 Å². The van der Waals surface area contributed by atoms with Crippen molar-refractivity contribution >= 4 is 18.3 Å². The average molecular weight is 226 g/mol. The SMILES string of the molecule is Cl.N#Cc1ccc(C(=O)NCCN)cc1. The van der Waals surface area contributed by atoms with Gasteiger partial charge < -0.3 is 11.1 Å². The third kappa shape index (κ3) is 3.98. The average Bonchev–Trinajstić information content (AvgIpc) is 2.26. The molecule has 0 unspecified atom stereocenters. The third-order valence-corrected chi connectivity index (χ3v) is 1.71. The van der Waals surface area contributed by atoms with Crippen LogP contribution in [0.3, 0.4) is 0 Å². The van der Waals surface area contributed by atoms with Gasteiger partial charge in [0.2, 0.25) is 0 Å². The van der Waals surface area contributed by atoms with Crippen molar-refractivity contribution in [2.45, 2.75) is 0 Å². The summed E-state index contributed by atoms with van der Waals surface area (Å²) in [6.07, 6.45) is 0. The van der Waals surface area contributed by atoms with Crippen LogP contribution in [0.1, 0.15) is 15.9 Å². The largest absolute Gasteiger partial charge is 0.351 e. The number of benzene rings is 1. The summed E-state index contributed by atoms with van der Waals surface area (Å²) in [7, 11) is 0. The summed E-state index contributed by atoms with van der Waals surface area (Å²) >= 11 is 0. The molecule has 4 nitrogen and oxygen atoms in total. The Morgan fingerprint density at radius 3 is 2.47 bits per heavy atom. The first-order valence-electron chi connectivity index (χ1n) is 4.26. The van der Waals surface area contributed by atoms with E-state index in [4.69, 9.17) is 11.0 Å². The van der Waals surface area contributed by atoms with E-state index in [1.165, 1.54) is 0 Å². The lowest BCUT2D eigenvalue weighted by molar-refractivity contribution is 0.0955. The minimum absolute atomic E-state index is 0. The second-order valence-corrected chi connectivity index (χ2v) is 2.73. The second-order valence-electron chi connectivity index (χ2n) is 2.73. The molecule has 0 aromatic heterocycles. The van der Waals surface area contributed by atoms with Gasteiger partial charge in [-0.15, -0.1) is 12.4 Å². The number of carbonyl (C=O) groups is 1. The highest BCUT2D eigenvalue weighted by Crippen LogP contribution is 2.02. The molecule has 0 fully saturated rings. The fraction of sp³-hybridized carbons (Fsp3) is 0.200. The molecule has 0 spiro atoms. The summed E-state index contributed by atoms with van der Waals surface area (Å²) in [4.78, 5) is 11.4. The van der Waals surface area contributed by atoms with E-state index in [9.17, 15) is 4.79 Å². The lowest BCUT2D eigenvalue weighted by Crippen LogP contribution is -2.28. The summed E-state index contributed by atoms with van der Waals surface area (Å²) in [5, 5.41) is 11.2. The third-order valence-electron chi connectivity index (χ3n) is 1.71. The number of halogens is 1. The number of carbonyl (C=O) groups excluding carboxylic acids is 1. The maximum absolute atomic E-state index is 11.4. The Morgan fingerprint density at radius 1 is 1.40 bits per heavy atom. The molecule has 3 N–H and O–H groups in total. The zero-order valence-electron chi connectivity index (χ0n) is 8.06. The van der Waals surface area contributed by atoms with E-state index in [1.54, 1.807) is 24.3 Å². The van der Waals surface area contributed by atoms with Crippen LogP contribution in [-0.4, -0.2) is 19.0 Å². The highest BCUT2D eigenvalue weighted by molar-refractivity contribution is 5.94. The predicted octanol–water partition coefficient (Wildman–Crippen LogP) is 0.669. The van der Waals surface area contributed by atoms with Crippen LogP contribution in [0.2, 0.25) is 0 Å². The summed E-state index contributed by atoms with van der Waals surface area (Å²) < 4.78 is 0. The number of nitrogens with two attached hydrogens (primary N) is 1. The maximum Gasteiger partial charge on any atom is 0.251 e. The molecule has 0 bridgehead atoms. The Kier molecular flexibility index (Phi) is 6.11. The first-order valence-corrected chi connectivity index (χ1v) is 4.26. The van der Waals surface area contributed by atoms with Gasteiger partial charge in [-0.3, -0.25) is 4.79 Å². The van der Waals surface area contributed by atoms with Crippen molar-refractivity contribution in [2.75, 3.05) is 13.1 Å². The van der Waals surface area contributed by atoms with Crippen LogP contribution in [0.25, 0.3) is 0 Å². The molecule has 0 aliphatic carbocycles. The van der Waals surface area contributed by atoms with Crippen LogP contribution in [0.4, 0.5) is 0 Å². The highest BCUT2D eigenvalue weighted by Gasteiger charge is 2.03. The van der Waals surface area contributed by atoms with E-state index in [0.717, 1.165) is 0 Å². The Hall–Kier alpha value is -1.57. The van der Waals surface area contributed by atoms with Crippen molar-refractivity contribution in [3.8, 4) is 6.07 Å². The number of nitrogens with zero attached hydrogens (tertiary/aromatic N) is 1. The number of nitrogens with one attached hydrogen (secondary N) is 1. The van der Waals surface area contributed by atoms with Crippen LogP contribution >= 0.6 is 12.4 Å². The van der Waals surface area contributed by atoms with Crippen molar-refractivity contribution in [3.63, 3.8) is 0 Å². The zero-order chi connectivity index (χ0) is 10.4. The summed E-state index contributed by atoms with van der Waals surface area (Å²) in [5.74, 6) is -0.167. The number of hydrogen-bond acceptors (Lipinski definition) is 3. The number of rotatable bonds is 3. The van der Waals surface area contributed by atoms with Gasteiger partial charge in [-0.2, -0.15) is 5.26 Å². The van der Waals surface area contributed by atoms with Crippen molar-refractivity contribution in [3.05, 3.63) is 35.4 Å². The number of amides is 1. The van der Waals surface area contributed by atoms with Gasteiger partial charge in [0.1, 0.15) is 0 Å². The van der Waals surface area contributed by atoms with Crippen molar-refractivity contribution in [1.82, 2.24) is 5.32 Å². The first-order chi connectivity index (χ1) is 6.77. The Balaban J connectivity index is 0.00000196. The van der Waals surface area contributed by atoms with Crippen LogP contribution in [0, 0.1) is 11.3 Å². The molecule has 15 heavy (non-hydrogen) atoms. The standard InChI is InChI=1S/C10H11N3O.ClH/c11-5-6-13-10(14)9-3-1-8(7-12)2-4-9;/h1-4H,5-6,11H2,(H,13,14);1H. The van der Waals surface area contributed by atoms with Crippen molar-refractivity contribution in [1.29, 1.82) is 5.26 Å². The molecular weight excluding hydrogens is 214 g/mol. The molecule has 0 radical (unpaired) electrons. The fourth-order valence-electron chi connectivity index (χ4n) is 0.984. The van der Waals surface area contributed by atoms with Gasteiger partial charge in [-0.1, -0.05) is 0 Å². The fourth-order valence-corrected chi connectivity index (χ4v) is 0.984. The molecule has 1 aromatic rings. The topological polar surface area (TPSA) is 78.9 Å². The van der Waals surface area contributed by atoms with Crippen molar-refractivity contribution < 1.29 is 4.79 Å². The molecule has 0 heterocycles. The van der Waals surface area contributed by atoms with E-state index in [1.807, 2.05) is 6.07 Å². The number of hydrogen-bond donors (Lipinski definition) is 2. The van der Waals surface area contributed by atoms with Crippen LogP contribution in [0.15, 0.2) is 24.3 Å². The molecule has 0 aliphatic rings. The van der Waals surface area contributed by atoms with Crippen LogP contribution in [0.5, 0.6) is 0 Å². The van der Waals surface area contributed by atoms with Crippen LogP contribution in [-0.2, 0) is 0 Å². The molecule has 5 heteroatoms. The number of nitriles is 1. The summed E-state index contributed by atoms with van der Waals surface area (Å²) in [6.45, 7) is 0.876. The Bertz CT molecular complexity index is 356. The van der Waals surface area contributed by atoms with Gasteiger partial charge in [0.15, 0.2) is 0 Å². The summed E-state index contributed by atoms with van der Waals surface area (Å²) in [6, 6.07) is 8.43. The second kappa shape index (κ2) is 6.82. The van der Waals surface area contributed by atoms with Gasteiger partial charge in [-0.05, 0) is 24.3 Å². The normalized spacial score (nSPS) is 8.53. The quantitative estimate of drug-likeness (QED) is 0.794. The van der Waals surface area contributed by atoms with Gasteiger partial charge in [0.25, 0.3) is 5.91 Å². The monoisotopic (exact) mass is 225 g/mol. The summed E-state index contributed by atoms with van der Waals surface area (Å²) in [5.41, 5.74) is 6.32. The highest BCUT2D eigenvalue weighted by atomic mass is 35.5. The lowest BCUT2D eigenvalue weighted by Gasteiger charge is -2.02. The van der Waals surface area contributed by atoms with Crippen molar-refractivity contribution in [2.24, 2.45) is 5.73 Å². The smallest absolute Gasteiger partial charge is 0.251 e. The molecule has 0 saturated carbocycles. The molecule has 1 aromatic carbocycles. The first kappa shape index (κ1) is 13.4. The van der Waals surface area contributed by atoms with Gasteiger partial charge in [-0.25, -0.2) is 0 Å². The predicted molar refractivity (Wildman–Crippen MR) is 59.8 cm³/mol. The van der Waals surface area contributed by atoms with Gasteiger partial charge in [0.05, 0.1) is 11.6 Å². The van der Waals surface area contributed by atoms with E-state index in [0.29, 0.717) is 24.2 Å². The lowest BCUT2D eigenvalue weighted by atomic mass is 10.1. The Labute approximate surface area is 94.5 Å². The molecular formula is C10H12ClN3O. The van der Waals surface area contributed by atoms with Crippen LogP contribution < -0.4 is 11.1 Å². The van der Waals surface area contributed by atoms with E-state index in [2.05, 4.69) is 5.32 Å². The zero-order valence-corrected chi connectivity index (χ0v) is 8.88. The molecule has 0 saturated heterocycles. The molecule has 0 aliphatic heterocycles. The Morgan fingerprint density at radius 2 is 2.00 bits per heavy atom. The van der Waals surface area contributed by atoms with E-state index in [-0.39, 0.29) is 18.3 Å².